The maximum Gasteiger partial charge on any atom is 0.289 e. The molecular weight excluding hydrogens is 364 g/mol. The number of hydrogen-bond donors (Lipinski definition) is 1. The Bertz CT molecular complexity index is 822. The molecule has 0 saturated carbocycles. The SMILES string of the molecule is CCCCCNC(=O)C1CCN(C(=O)c2oc3ccc(Cl)cc3c2C)CC1. The summed E-state index contributed by atoms with van der Waals surface area (Å²) in [6, 6.07) is 5.36. The fourth-order valence-electron chi connectivity index (χ4n) is 3.62. The molecule has 1 fully saturated rings. The standard InChI is InChI=1S/C21H27ClN2O3/c1-3-4-5-10-23-20(25)15-8-11-24(12-9-15)21(26)19-14(2)17-13-16(22)6-7-18(17)27-19/h6-7,13,15H,3-5,8-12H2,1-2H3,(H,23,25). The second-order valence-electron chi connectivity index (χ2n) is 7.26. The lowest BCUT2D eigenvalue weighted by Crippen LogP contribution is -2.43. The Hall–Kier alpha value is -2.01. The maximum atomic E-state index is 12.9. The predicted octanol–water partition coefficient (Wildman–Crippen LogP) is 4.55. The van der Waals surface area contributed by atoms with Crippen molar-refractivity contribution in [2.45, 2.75) is 46.0 Å². The van der Waals surface area contributed by atoms with Crippen molar-refractivity contribution in [3.8, 4) is 0 Å². The van der Waals surface area contributed by atoms with Crippen LogP contribution in [0.25, 0.3) is 11.0 Å². The largest absolute Gasteiger partial charge is 0.451 e. The summed E-state index contributed by atoms with van der Waals surface area (Å²) in [4.78, 5) is 26.9. The molecule has 2 amide bonds. The molecule has 2 aromatic rings. The molecule has 0 radical (unpaired) electrons. The first kappa shape index (κ1) is 19.7. The summed E-state index contributed by atoms with van der Waals surface area (Å²) >= 11 is 6.05. The van der Waals surface area contributed by atoms with Crippen molar-refractivity contribution in [3.63, 3.8) is 0 Å². The van der Waals surface area contributed by atoms with Crippen LogP contribution in [-0.4, -0.2) is 36.3 Å². The number of furan rings is 1. The molecule has 0 atom stereocenters. The van der Waals surface area contributed by atoms with E-state index >= 15 is 0 Å². The van der Waals surface area contributed by atoms with Gasteiger partial charge >= 0.3 is 0 Å². The number of likely N-dealkylation sites (tertiary alicyclic amines) is 1. The topological polar surface area (TPSA) is 62.6 Å². The normalized spacial score (nSPS) is 15.3. The van der Waals surface area contributed by atoms with E-state index in [0.29, 0.717) is 42.3 Å². The number of carbonyl (C=O) groups excluding carboxylic acids is 2. The fraction of sp³-hybridized carbons (Fsp3) is 0.524. The molecule has 0 aliphatic carbocycles. The van der Waals surface area contributed by atoms with E-state index in [-0.39, 0.29) is 17.7 Å². The van der Waals surface area contributed by atoms with E-state index in [0.717, 1.165) is 36.8 Å². The van der Waals surface area contributed by atoms with E-state index in [4.69, 9.17) is 16.0 Å². The minimum Gasteiger partial charge on any atom is -0.451 e. The lowest BCUT2D eigenvalue weighted by atomic mass is 9.95. The summed E-state index contributed by atoms with van der Waals surface area (Å²) in [6.45, 7) is 5.91. The smallest absolute Gasteiger partial charge is 0.289 e. The molecule has 1 aliphatic heterocycles. The van der Waals surface area contributed by atoms with E-state index in [2.05, 4.69) is 12.2 Å². The van der Waals surface area contributed by atoms with Gasteiger partial charge in [0.15, 0.2) is 5.76 Å². The van der Waals surface area contributed by atoms with Gasteiger partial charge in [-0.3, -0.25) is 9.59 Å². The van der Waals surface area contributed by atoms with Gasteiger partial charge in [-0.25, -0.2) is 0 Å². The molecule has 0 unspecified atom stereocenters. The maximum absolute atomic E-state index is 12.9. The Balaban J connectivity index is 1.59. The zero-order chi connectivity index (χ0) is 19.4. The van der Waals surface area contributed by atoms with Crippen LogP contribution >= 0.6 is 11.6 Å². The number of fused-ring (bicyclic) bond motifs is 1. The van der Waals surface area contributed by atoms with E-state index in [1.54, 1.807) is 17.0 Å². The molecule has 27 heavy (non-hydrogen) atoms. The summed E-state index contributed by atoms with van der Waals surface area (Å²) in [7, 11) is 0. The first-order chi connectivity index (χ1) is 13.0. The molecule has 3 rings (SSSR count). The molecule has 1 aromatic carbocycles. The van der Waals surface area contributed by atoms with Gasteiger partial charge in [0.2, 0.25) is 5.91 Å². The minimum absolute atomic E-state index is 0.00810. The molecular formula is C21H27ClN2O3. The van der Waals surface area contributed by atoms with Crippen LogP contribution in [0.4, 0.5) is 0 Å². The Morgan fingerprint density at radius 2 is 2.00 bits per heavy atom. The van der Waals surface area contributed by atoms with E-state index in [1.807, 2.05) is 13.0 Å². The number of nitrogens with one attached hydrogen (secondary N) is 1. The molecule has 6 heteroatoms. The summed E-state index contributed by atoms with van der Waals surface area (Å²) in [5.74, 6) is 0.371. The molecule has 1 aliphatic rings. The van der Waals surface area contributed by atoms with Crippen molar-refractivity contribution in [1.82, 2.24) is 10.2 Å². The van der Waals surface area contributed by atoms with E-state index < -0.39 is 0 Å². The fourth-order valence-corrected chi connectivity index (χ4v) is 3.79. The lowest BCUT2D eigenvalue weighted by molar-refractivity contribution is -0.126. The molecule has 1 N–H and O–H groups in total. The van der Waals surface area contributed by atoms with Gasteiger partial charge in [-0.1, -0.05) is 31.4 Å². The van der Waals surface area contributed by atoms with Crippen molar-refractivity contribution in [2.24, 2.45) is 5.92 Å². The number of benzene rings is 1. The van der Waals surface area contributed by atoms with Crippen LogP contribution in [0.3, 0.4) is 0 Å². The van der Waals surface area contributed by atoms with Gasteiger partial charge in [0, 0.05) is 41.5 Å². The minimum atomic E-state index is -0.110. The molecule has 0 bridgehead atoms. The van der Waals surface area contributed by atoms with Gasteiger partial charge in [-0.05, 0) is 44.4 Å². The van der Waals surface area contributed by atoms with Crippen LogP contribution in [0, 0.1) is 12.8 Å². The van der Waals surface area contributed by atoms with Gasteiger partial charge in [0.05, 0.1) is 0 Å². The average Bonchev–Trinajstić information content (AvgIpc) is 3.01. The van der Waals surface area contributed by atoms with E-state index in [9.17, 15) is 9.59 Å². The summed E-state index contributed by atoms with van der Waals surface area (Å²) in [5, 5.41) is 4.51. The highest BCUT2D eigenvalue weighted by molar-refractivity contribution is 6.31. The van der Waals surface area contributed by atoms with Crippen LogP contribution in [0.5, 0.6) is 0 Å². The average molecular weight is 391 g/mol. The third kappa shape index (κ3) is 4.46. The van der Waals surface area contributed by atoms with Gasteiger partial charge in [-0.2, -0.15) is 0 Å². The van der Waals surface area contributed by atoms with Crippen LogP contribution in [0.2, 0.25) is 5.02 Å². The van der Waals surface area contributed by atoms with Crippen molar-refractivity contribution in [1.29, 1.82) is 0 Å². The van der Waals surface area contributed by atoms with Gasteiger partial charge < -0.3 is 14.6 Å². The number of hydrogen-bond acceptors (Lipinski definition) is 3. The van der Waals surface area contributed by atoms with Crippen molar-refractivity contribution >= 4 is 34.4 Å². The number of amides is 2. The third-order valence-electron chi connectivity index (χ3n) is 5.32. The third-order valence-corrected chi connectivity index (χ3v) is 5.56. The van der Waals surface area contributed by atoms with Crippen LogP contribution in [0.1, 0.15) is 55.1 Å². The number of rotatable bonds is 6. The summed E-state index contributed by atoms with van der Waals surface area (Å²) in [6.07, 6.45) is 4.68. The predicted molar refractivity (Wildman–Crippen MR) is 107 cm³/mol. The molecule has 5 nitrogen and oxygen atoms in total. The zero-order valence-corrected chi connectivity index (χ0v) is 16.8. The Morgan fingerprint density at radius 1 is 1.26 bits per heavy atom. The first-order valence-electron chi connectivity index (χ1n) is 9.77. The number of unbranched alkanes of at least 4 members (excludes halogenated alkanes) is 2. The quantitative estimate of drug-likeness (QED) is 0.736. The number of halogens is 1. The Morgan fingerprint density at radius 3 is 2.70 bits per heavy atom. The summed E-state index contributed by atoms with van der Waals surface area (Å²) in [5.41, 5.74) is 1.48. The van der Waals surface area contributed by atoms with Gasteiger partial charge in [0.25, 0.3) is 5.91 Å². The molecule has 1 saturated heterocycles. The van der Waals surface area contributed by atoms with Crippen LogP contribution in [-0.2, 0) is 4.79 Å². The highest BCUT2D eigenvalue weighted by Gasteiger charge is 2.30. The number of carbonyl (C=O) groups is 2. The Labute approximate surface area is 165 Å². The van der Waals surface area contributed by atoms with Gasteiger partial charge in [0.1, 0.15) is 5.58 Å². The monoisotopic (exact) mass is 390 g/mol. The van der Waals surface area contributed by atoms with Gasteiger partial charge in [-0.15, -0.1) is 0 Å². The molecule has 146 valence electrons. The second-order valence-corrected chi connectivity index (χ2v) is 7.70. The van der Waals surface area contributed by atoms with Crippen molar-refractivity contribution < 1.29 is 14.0 Å². The van der Waals surface area contributed by atoms with Crippen molar-refractivity contribution in [2.75, 3.05) is 19.6 Å². The second kappa shape index (κ2) is 8.79. The van der Waals surface area contributed by atoms with Crippen molar-refractivity contribution in [3.05, 3.63) is 34.5 Å². The zero-order valence-electron chi connectivity index (χ0n) is 16.0. The highest BCUT2D eigenvalue weighted by Crippen LogP contribution is 2.29. The lowest BCUT2D eigenvalue weighted by Gasteiger charge is -2.31. The molecule has 0 spiro atoms. The Kier molecular flexibility index (Phi) is 6.42. The number of nitrogens with zero attached hydrogens (tertiary/aromatic N) is 1. The molecule has 1 aromatic heterocycles. The van der Waals surface area contributed by atoms with Crippen LogP contribution < -0.4 is 5.32 Å². The first-order valence-corrected chi connectivity index (χ1v) is 10.1. The van der Waals surface area contributed by atoms with E-state index in [1.165, 1.54) is 0 Å². The summed E-state index contributed by atoms with van der Waals surface area (Å²) < 4.78 is 5.79. The highest BCUT2D eigenvalue weighted by atomic mass is 35.5. The molecule has 2 heterocycles. The number of piperidine rings is 1. The number of aryl methyl sites for hydroxylation is 1. The van der Waals surface area contributed by atoms with Crippen LogP contribution in [0.15, 0.2) is 22.6 Å².